The highest BCUT2D eigenvalue weighted by Crippen LogP contribution is 2.31. The lowest BCUT2D eigenvalue weighted by Gasteiger charge is -2.37. The number of hydrogen-bond acceptors (Lipinski definition) is 4. The summed E-state index contributed by atoms with van der Waals surface area (Å²) in [7, 11) is 0. The maximum atomic E-state index is 12.1. The number of carbonyl (C=O) groups is 1. The molecule has 1 fully saturated rings. The van der Waals surface area contributed by atoms with Crippen LogP contribution in [0.1, 0.15) is 38.4 Å². The summed E-state index contributed by atoms with van der Waals surface area (Å²) in [4.78, 5) is 16.1. The number of nitrogens with zero attached hydrogens (tertiary/aromatic N) is 2. The van der Waals surface area contributed by atoms with E-state index in [2.05, 4.69) is 20.5 Å². The molecule has 108 valence electrons. The fourth-order valence-electron chi connectivity index (χ4n) is 2.57. The fourth-order valence-corrected chi connectivity index (χ4v) is 2.57. The van der Waals surface area contributed by atoms with Crippen LogP contribution in [0.15, 0.2) is 6.33 Å². The van der Waals surface area contributed by atoms with Crippen LogP contribution in [0.5, 0.6) is 0 Å². The highest BCUT2D eigenvalue weighted by molar-refractivity contribution is 5.85. The van der Waals surface area contributed by atoms with E-state index < -0.39 is 0 Å². The molecular weight excluding hydrogens is 266 g/mol. The molecule has 2 atom stereocenters. The van der Waals surface area contributed by atoms with Gasteiger partial charge in [-0.25, -0.2) is 4.98 Å². The number of hydrogen-bond donors (Lipinski definition) is 3. The predicted molar refractivity (Wildman–Crippen MR) is 74.9 cm³/mol. The van der Waals surface area contributed by atoms with E-state index in [1.807, 2.05) is 6.92 Å². The van der Waals surface area contributed by atoms with Crippen LogP contribution in [0.2, 0.25) is 0 Å². The fraction of sp³-hybridized carbons (Fsp3) is 0.750. The van der Waals surface area contributed by atoms with Gasteiger partial charge in [0.05, 0.1) is 5.92 Å². The molecule has 1 amide bonds. The average Bonchev–Trinajstić information content (AvgIpc) is 2.81. The minimum atomic E-state index is -0.366. The van der Waals surface area contributed by atoms with Crippen molar-refractivity contribution in [2.45, 2.75) is 44.6 Å². The summed E-state index contributed by atoms with van der Waals surface area (Å²) < 4.78 is 0. The molecule has 1 aliphatic rings. The van der Waals surface area contributed by atoms with Crippen LogP contribution in [-0.4, -0.2) is 33.2 Å². The molecule has 0 aromatic carbocycles. The van der Waals surface area contributed by atoms with Gasteiger partial charge in [0.1, 0.15) is 12.2 Å². The lowest BCUT2D eigenvalue weighted by atomic mass is 9.74. The van der Waals surface area contributed by atoms with Crippen LogP contribution >= 0.6 is 12.4 Å². The first-order chi connectivity index (χ1) is 8.59. The second kappa shape index (κ2) is 6.86. The molecule has 0 aliphatic heterocycles. The van der Waals surface area contributed by atoms with Crippen molar-refractivity contribution in [3.8, 4) is 0 Å². The van der Waals surface area contributed by atoms with Crippen molar-refractivity contribution in [2.24, 2.45) is 11.7 Å². The van der Waals surface area contributed by atoms with Crippen molar-refractivity contribution in [1.82, 2.24) is 20.5 Å². The first-order valence-corrected chi connectivity index (χ1v) is 6.50. The van der Waals surface area contributed by atoms with Gasteiger partial charge in [0.25, 0.3) is 0 Å². The Hall–Kier alpha value is -1.14. The van der Waals surface area contributed by atoms with Gasteiger partial charge in [0, 0.05) is 18.5 Å². The van der Waals surface area contributed by atoms with Gasteiger partial charge in [-0.1, -0.05) is 12.8 Å². The number of aromatic amines is 1. The van der Waals surface area contributed by atoms with Crippen molar-refractivity contribution in [1.29, 1.82) is 0 Å². The average molecular weight is 288 g/mol. The van der Waals surface area contributed by atoms with E-state index >= 15 is 0 Å². The van der Waals surface area contributed by atoms with E-state index in [0.717, 1.165) is 31.5 Å². The summed E-state index contributed by atoms with van der Waals surface area (Å²) in [6.07, 6.45) is 6.16. The van der Waals surface area contributed by atoms with E-state index in [1.165, 1.54) is 6.33 Å². The third kappa shape index (κ3) is 4.18. The van der Waals surface area contributed by atoms with Gasteiger partial charge >= 0.3 is 0 Å². The van der Waals surface area contributed by atoms with Crippen molar-refractivity contribution in [3.05, 3.63) is 12.2 Å². The van der Waals surface area contributed by atoms with E-state index in [0.29, 0.717) is 13.0 Å². The smallest absolute Gasteiger partial charge is 0.224 e. The number of nitrogens with two attached hydrogens (primary N) is 1. The molecule has 1 aromatic rings. The molecule has 2 rings (SSSR count). The normalized spacial score (nSPS) is 26.5. The Morgan fingerprint density at radius 3 is 3.05 bits per heavy atom. The predicted octanol–water partition coefficient (Wildman–Crippen LogP) is 0.793. The van der Waals surface area contributed by atoms with Crippen molar-refractivity contribution in [2.75, 3.05) is 6.54 Å². The second-order valence-corrected chi connectivity index (χ2v) is 5.28. The minimum Gasteiger partial charge on any atom is -0.355 e. The highest BCUT2D eigenvalue weighted by atomic mass is 35.5. The monoisotopic (exact) mass is 287 g/mol. The molecular formula is C12H22ClN5O. The molecule has 0 saturated heterocycles. The van der Waals surface area contributed by atoms with Crippen LogP contribution in [0.25, 0.3) is 0 Å². The zero-order valence-electron chi connectivity index (χ0n) is 11.2. The van der Waals surface area contributed by atoms with Crippen molar-refractivity contribution in [3.63, 3.8) is 0 Å². The summed E-state index contributed by atoms with van der Waals surface area (Å²) in [6, 6.07) is 0. The van der Waals surface area contributed by atoms with Crippen LogP contribution in [0.3, 0.4) is 0 Å². The Morgan fingerprint density at radius 1 is 1.63 bits per heavy atom. The van der Waals surface area contributed by atoms with Crippen LogP contribution in [0.4, 0.5) is 0 Å². The Labute approximate surface area is 119 Å². The Balaban J connectivity index is 0.00000180. The molecule has 1 heterocycles. The summed E-state index contributed by atoms with van der Waals surface area (Å²) >= 11 is 0. The largest absolute Gasteiger partial charge is 0.355 e. The standard InChI is InChI=1S/C12H21N5O.ClH/c1-12(13)6-3-2-4-9(12)11(18)14-7-5-10-15-8-16-17-10;/h8-9H,2-7,13H2,1H3,(H,14,18)(H,15,16,17);1H. The van der Waals surface area contributed by atoms with E-state index in [1.54, 1.807) is 0 Å². The molecule has 19 heavy (non-hydrogen) atoms. The lowest BCUT2D eigenvalue weighted by Crippen LogP contribution is -2.53. The van der Waals surface area contributed by atoms with Crippen LogP contribution < -0.4 is 11.1 Å². The van der Waals surface area contributed by atoms with E-state index in [-0.39, 0.29) is 29.8 Å². The number of nitrogens with one attached hydrogen (secondary N) is 2. The second-order valence-electron chi connectivity index (χ2n) is 5.28. The third-order valence-corrected chi connectivity index (χ3v) is 3.70. The first-order valence-electron chi connectivity index (χ1n) is 6.50. The van der Waals surface area contributed by atoms with Gasteiger partial charge in [-0.15, -0.1) is 12.4 Å². The van der Waals surface area contributed by atoms with Gasteiger partial charge in [-0.2, -0.15) is 5.10 Å². The van der Waals surface area contributed by atoms with E-state index in [9.17, 15) is 4.79 Å². The summed E-state index contributed by atoms with van der Waals surface area (Å²) in [5.74, 6) is 0.787. The molecule has 2 unspecified atom stereocenters. The number of halogens is 1. The number of H-pyrrole nitrogens is 1. The molecule has 1 saturated carbocycles. The molecule has 6 nitrogen and oxygen atoms in total. The maximum Gasteiger partial charge on any atom is 0.224 e. The molecule has 0 spiro atoms. The maximum absolute atomic E-state index is 12.1. The SMILES string of the molecule is CC1(N)CCCCC1C(=O)NCCc1ncn[nH]1.Cl. The number of aromatic nitrogens is 3. The van der Waals surface area contributed by atoms with Crippen LogP contribution in [-0.2, 0) is 11.2 Å². The summed E-state index contributed by atoms with van der Waals surface area (Å²) in [6.45, 7) is 2.55. The highest BCUT2D eigenvalue weighted by Gasteiger charge is 2.37. The number of amides is 1. The van der Waals surface area contributed by atoms with E-state index in [4.69, 9.17) is 5.73 Å². The number of carbonyl (C=O) groups excluding carboxylic acids is 1. The summed E-state index contributed by atoms with van der Waals surface area (Å²) in [5, 5.41) is 9.47. The molecule has 0 bridgehead atoms. The Kier molecular flexibility index (Phi) is 5.75. The number of rotatable bonds is 4. The quantitative estimate of drug-likeness (QED) is 0.763. The Morgan fingerprint density at radius 2 is 2.42 bits per heavy atom. The zero-order valence-corrected chi connectivity index (χ0v) is 12.0. The van der Waals surface area contributed by atoms with Gasteiger partial charge in [-0.05, 0) is 19.8 Å². The van der Waals surface area contributed by atoms with Gasteiger partial charge in [0.15, 0.2) is 0 Å². The minimum absolute atomic E-state index is 0. The first kappa shape index (κ1) is 15.9. The van der Waals surface area contributed by atoms with Crippen molar-refractivity contribution >= 4 is 18.3 Å². The molecule has 1 aromatic heterocycles. The molecule has 0 radical (unpaired) electrons. The van der Waals surface area contributed by atoms with Gasteiger partial charge in [-0.3, -0.25) is 9.89 Å². The van der Waals surface area contributed by atoms with Gasteiger partial charge in [0.2, 0.25) is 5.91 Å². The summed E-state index contributed by atoms with van der Waals surface area (Å²) in [5.41, 5.74) is 5.83. The molecule has 7 heteroatoms. The third-order valence-electron chi connectivity index (χ3n) is 3.70. The van der Waals surface area contributed by atoms with Crippen LogP contribution in [0, 0.1) is 5.92 Å². The Bertz CT molecular complexity index is 393. The lowest BCUT2D eigenvalue weighted by molar-refractivity contribution is -0.128. The molecule has 1 aliphatic carbocycles. The topological polar surface area (TPSA) is 96.7 Å². The zero-order chi connectivity index (χ0) is 13.0. The molecule has 4 N–H and O–H groups in total. The van der Waals surface area contributed by atoms with Crippen molar-refractivity contribution < 1.29 is 4.79 Å². The van der Waals surface area contributed by atoms with Gasteiger partial charge < -0.3 is 11.1 Å².